The van der Waals surface area contributed by atoms with Gasteiger partial charge in [-0.05, 0) is 41.0 Å². The van der Waals surface area contributed by atoms with Crippen molar-refractivity contribution in [2.75, 3.05) is 0 Å². The van der Waals surface area contributed by atoms with Crippen molar-refractivity contribution in [3.8, 4) is 11.1 Å². The summed E-state index contributed by atoms with van der Waals surface area (Å²) in [6, 6.07) is 9.58. The quantitative estimate of drug-likeness (QED) is 0.905. The maximum absolute atomic E-state index is 13.1. The monoisotopic (exact) mass is 248 g/mol. The van der Waals surface area contributed by atoms with E-state index in [9.17, 15) is 13.6 Å². The van der Waals surface area contributed by atoms with Crippen molar-refractivity contribution in [2.24, 2.45) is 0 Å². The van der Waals surface area contributed by atoms with Crippen LogP contribution in [0.2, 0.25) is 0 Å². The first-order valence-electron chi connectivity index (χ1n) is 5.32. The van der Waals surface area contributed by atoms with Crippen molar-refractivity contribution >= 4 is 5.97 Å². The molecule has 2 nitrogen and oxygen atoms in total. The molecule has 0 fully saturated rings. The van der Waals surface area contributed by atoms with Crippen LogP contribution < -0.4 is 0 Å². The van der Waals surface area contributed by atoms with Gasteiger partial charge in [0.1, 0.15) is 11.6 Å². The highest BCUT2D eigenvalue weighted by Crippen LogP contribution is 2.25. The van der Waals surface area contributed by atoms with E-state index < -0.39 is 11.8 Å². The third-order valence-electron chi connectivity index (χ3n) is 2.56. The number of carbonyl (C=O) groups is 1. The largest absolute Gasteiger partial charge is 0.481 e. The molecule has 92 valence electrons. The normalized spacial score (nSPS) is 10.3. The summed E-state index contributed by atoms with van der Waals surface area (Å²) in [6.45, 7) is 0. The van der Waals surface area contributed by atoms with Crippen LogP contribution in [0.3, 0.4) is 0 Å². The molecular weight excluding hydrogens is 238 g/mol. The summed E-state index contributed by atoms with van der Waals surface area (Å²) in [5, 5.41) is 8.79. The predicted octanol–water partition coefficient (Wildman–Crippen LogP) is 3.26. The highest BCUT2D eigenvalue weighted by molar-refractivity contribution is 5.76. The molecule has 18 heavy (non-hydrogen) atoms. The van der Waals surface area contributed by atoms with E-state index in [1.165, 1.54) is 42.5 Å². The highest BCUT2D eigenvalue weighted by Gasteiger charge is 2.10. The van der Waals surface area contributed by atoms with Crippen LogP contribution in [-0.2, 0) is 11.2 Å². The van der Waals surface area contributed by atoms with Gasteiger partial charge >= 0.3 is 5.97 Å². The van der Waals surface area contributed by atoms with Gasteiger partial charge in [0, 0.05) is 0 Å². The van der Waals surface area contributed by atoms with Crippen molar-refractivity contribution in [1.82, 2.24) is 0 Å². The summed E-state index contributed by atoms with van der Waals surface area (Å²) < 4.78 is 25.9. The van der Waals surface area contributed by atoms with Crippen LogP contribution in [0.5, 0.6) is 0 Å². The fourth-order valence-electron chi connectivity index (χ4n) is 1.78. The number of benzene rings is 2. The zero-order valence-corrected chi connectivity index (χ0v) is 9.36. The van der Waals surface area contributed by atoms with Crippen molar-refractivity contribution in [1.29, 1.82) is 0 Å². The minimum absolute atomic E-state index is 0.273. The maximum atomic E-state index is 13.1. The molecule has 0 radical (unpaired) electrons. The van der Waals surface area contributed by atoms with E-state index in [2.05, 4.69) is 0 Å². The molecule has 0 spiro atoms. The molecule has 0 aliphatic carbocycles. The lowest BCUT2D eigenvalue weighted by Gasteiger charge is -2.08. The van der Waals surface area contributed by atoms with Gasteiger partial charge in [-0.1, -0.05) is 18.2 Å². The summed E-state index contributed by atoms with van der Waals surface area (Å²) in [7, 11) is 0. The van der Waals surface area contributed by atoms with E-state index in [1.807, 2.05) is 0 Å². The first-order chi connectivity index (χ1) is 8.56. The molecule has 2 aromatic rings. The first kappa shape index (κ1) is 12.2. The Morgan fingerprint density at radius 1 is 1.00 bits per heavy atom. The Balaban J connectivity index is 2.49. The third-order valence-corrected chi connectivity index (χ3v) is 2.56. The Morgan fingerprint density at radius 3 is 2.22 bits per heavy atom. The zero-order valence-electron chi connectivity index (χ0n) is 9.36. The standard InChI is InChI=1S/C14H10F2O2/c15-11-3-1-9(2-4-11)13-6-5-12(16)7-10(13)8-14(17)18/h1-7H,8H2,(H,17,18). The van der Waals surface area contributed by atoms with Crippen LogP contribution in [-0.4, -0.2) is 11.1 Å². The second-order valence-corrected chi connectivity index (χ2v) is 3.88. The molecule has 1 N–H and O–H groups in total. The van der Waals surface area contributed by atoms with Crippen molar-refractivity contribution < 1.29 is 18.7 Å². The summed E-state index contributed by atoms with van der Waals surface area (Å²) in [4.78, 5) is 10.7. The smallest absolute Gasteiger partial charge is 0.307 e. The minimum Gasteiger partial charge on any atom is -0.481 e. The van der Waals surface area contributed by atoms with E-state index in [1.54, 1.807) is 0 Å². The topological polar surface area (TPSA) is 37.3 Å². The Labute approximate surface area is 103 Å². The number of carboxylic acids is 1. The molecule has 0 atom stereocenters. The van der Waals surface area contributed by atoms with Gasteiger partial charge in [-0.2, -0.15) is 0 Å². The first-order valence-corrected chi connectivity index (χ1v) is 5.32. The molecule has 2 rings (SSSR count). The Bertz CT molecular complexity index is 577. The molecule has 0 saturated carbocycles. The number of rotatable bonds is 3. The maximum Gasteiger partial charge on any atom is 0.307 e. The average molecular weight is 248 g/mol. The highest BCUT2D eigenvalue weighted by atomic mass is 19.1. The molecule has 0 aliphatic heterocycles. The van der Waals surface area contributed by atoms with Crippen LogP contribution in [0.25, 0.3) is 11.1 Å². The number of hydrogen-bond donors (Lipinski definition) is 1. The van der Waals surface area contributed by atoms with Gasteiger partial charge in [0.2, 0.25) is 0 Å². The molecular formula is C14H10F2O2. The van der Waals surface area contributed by atoms with E-state index in [0.29, 0.717) is 16.7 Å². The van der Waals surface area contributed by atoms with Crippen LogP contribution in [0.1, 0.15) is 5.56 Å². The van der Waals surface area contributed by atoms with Crippen molar-refractivity contribution in [3.63, 3.8) is 0 Å². The predicted molar refractivity (Wildman–Crippen MR) is 63.1 cm³/mol. The van der Waals surface area contributed by atoms with E-state index in [-0.39, 0.29) is 12.2 Å². The Kier molecular flexibility index (Phi) is 3.37. The second-order valence-electron chi connectivity index (χ2n) is 3.88. The molecule has 0 aromatic heterocycles. The summed E-state index contributed by atoms with van der Waals surface area (Å²) in [6.07, 6.45) is -0.273. The van der Waals surface area contributed by atoms with Gasteiger partial charge in [-0.15, -0.1) is 0 Å². The summed E-state index contributed by atoms with van der Waals surface area (Å²) >= 11 is 0. The third kappa shape index (κ3) is 2.71. The van der Waals surface area contributed by atoms with Gasteiger partial charge in [0.05, 0.1) is 6.42 Å². The molecule has 0 saturated heterocycles. The number of hydrogen-bond acceptors (Lipinski definition) is 1. The van der Waals surface area contributed by atoms with Gasteiger partial charge in [-0.3, -0.25) is 4.79 Å². The van der Waals surface area contributed by atoms with Crippen LogP contribution >= 0.6 is 0 Å². The lowest BCUT2D eigenvalue weighted by Crippen LogP contribution is -2.02. The van der Waals surface area contributed by atoms with Crippen LogP contribution in [0.4, 0.5) is 8.78 Å². The van der Waals surface area contributed by atoms with Gasteiger partial charge in [0.15, 0.2) is 0 Å². The molecule has 4 heteroatoms. The van der Waals surface area contributed by atoms with Crippen LogP contribution in [0, 0.1) is 11.6 Å². The molecule has 0 amide bonds. The summed E-state index contributed by atoms with van der Waals surface area (Å²) in [5.41, 5.74) is 1.63. The van der Waals surface area contributed by atoms with Gasteiger partial charge < -0.3 is 5.11 Å². The summed E-state index contributed by atoms with van der Waals surface area (Å²) in [5.74, 6) is -1.90. The Morgan fingerprint density at radius 2 is 1.61 bits per heavy atom. The fourth-order valence-corrected chi connectivity index (χ4v) is 1.78. The molecule has 0 aliphatic rings. The lowest BCUT2D eigenvalue weighted by molar-refractivity contribution is -0.136. The fraction of sp³-hybridized carbons (Fsp3) is 0.0714. The van der Waals surface area contributed by atoms with E-state index in [4.69, 9.17) is 5.11 Å². The van der Waals surface area contributed by atoms with Gasteiger partial charge in [-0.25, -0.2) is 8.78 Å². The molecule has 0 heterocycles. The minimum atomic E-state index is -1.04. The second kappa shape index (κ2) is 4.96. The van der Waals surface area contributed by atoms with Crippen molar-refractivity contribution in [2.45, 2.75) is 6.42 Å². The number of aliphatic carboxylic acids is 1. The molecule has 0 bridgehead atoms. The number of halogens is 2. The van der Waals surface area contributed by atoms with E-state index in [0.717, 1.165) is 0 Å². The SMILES string of the molecule is O=C(O)Cc1cc(F)ccc1-c1ccc(F)cc1. The van der Waals surface area contributed by atoms with Crippen molar-refractivity contribution in [3.05, 3.63) is 59.7 Å². The average Bonchev–Trinajstić information content (AvgIpc) is 2.30. The van der Waals surface area contributed by atoms with E-state index >= 15 is 0 Å². The number of carboxylic acid groups (broad SMARTS) is 1. The van der Waals surface area contributed by atoms with Crippen LogP contribution in [0.15, 0.2) is 42.5 Å². The lowest BCUT2D eigenvalue weighted by atomic mass is 9.97. The Hall–Kier alpha value is -2.23. The molecule has 0 unspecified atom stereocenters. The van der Waals surface area contributed by atoms with Gasteiger partial charge in [0.25, 0.3) is 0 Å². The molecule has 2 aromatic carbocycles. The zero-order chi connectivity index (χ0) is 13.1.